The molecule has 5 rings (SSSR count). The van der Waals surface area contributed by atoms with Gasteiger partial charge in [0.25, 0.3) is 0 Å². The Labute approximate surface area is 194 Å². The fourth-order valence-electron chi connectivity index (χ4n) is 3.88. The predicted octanol–water partition coefficient (Wildman–Crippen LogP) is 6.47. The highest BCUT2D eigenvalue weighted by Gasteiger charge is 2.28. The van der Waals surface area contributed by atoms with E-state index in [1.807, 2.05) is 54.8 Å². The Morgan fingerprint density at radius 3 is 2.67 bits per heavy atom. The Morgan fingerprint density at radius 2 is 1.88 bits per heavy atom. The van der Waals surface area contributed by atoms with Crippen LogP contribution < -0.4 is 4.74 Å². The molecule has 0 radical (unpaired) electrons. The topological polar surface area (TPSA) is 73.9 Å². The largest absolute Gasteiger partial charge is 0.453 e. The number of aromatic amines is 2. The second-order valence-corrected chi connectivity index (χ2v) is 8.69. The van der Waals surface area contributed by atoms with Gasteiger partial charge in [-0.1, -0.05) is 42.5 Å². The molecule has 7 heteroatoms. The van der Waals surface area contributed by atoms with Gasteiger partial charge in [-0.25, -0.2) is 9.37 Å². The molecule has 33 heavy (non-hydrogen) atoms. The summed E-state index contributed by atoms with van der Waals surface area (Å²) >= 11 is 1.44. The lowest BCUT2D eigenvalue weighted by molar-refractivity contribution is 0.0979. The van der Waals surface area contributed by atoms with Gasteiger partial charge >= 0.3 is 0 Å². The first-order valence-electron chi connectivity index (χ1n) is 10.4. The van der Waals surface area contributed by atoms with Crippen LogP contribution in [0.4, 0.5) is 4.39 Å². The van der Waals surface area contributed by atoms with Gasteiger partial charge in [-0.2, -0.15) is 0 Å². The smallest absolute Gasteiger partial charge is 0.177 e. The summed E-state index contributed by atoms with van der Waals surface area (Å²) in [6, 6.07) is 20.0. The normalized spacial score (nSPS) is 13.2. The van der Waals surface area contributed by atoms with E-state index in [1.54, 1.807) is 31.5 Å². The van der Waals surface area contributed by atoms with Crippen molar-refractivity contribution in [3.63, 3.8) is 0 Å². The fraction of sp³-hybridized carbons (Fsp3) is 0.115. The van der Waals surface area contributed by atoms with Gasteiger partial charge in [0.1, 0.15) is 17.2 Å². The third-order valence-corrected chi connectivity index (χ3v) is 6.50. The van der Waals surface area contributed by atoms with Crippen molar-refractivity contribution in [2.45, 2.75) is 17.4 Å². The van der Waals surface area contributed by atoms with Gasteiger partial charge in [0.05, 0.1) is 16.8 Å². The maximum atomic E-state index is 14.8. The summed E-state index contributed by atoms with van der Waals surface area (Å²) in [5, 5.41) is 12.0. The van der Waals surface area contributed by atoms with Crippen LogP contribution in [0.3, 0.4) is 0 Å². The monoisotopic (exact) mass is 459 g/mol. The second-order valence-electron chi connectivity index (χ2n) is 7.87. The van der Waals surface area contributed by atoms with Crippen LogP contribution in [0.5, 0.6) is 11.5 Å². The van der Waals surface area contributed by atoms with E-state index in [4.69, 9.17) is 4.74 Å². The Hall–Kier alpha value is -3.55. The summed E-state index contributed by atoms with van der Waals surface area (Å²) in [4.78, 5) is 11.4. The van der Waals surface area contributed by atoms with Crippen molar-refractivity contribution in [2.75, 3.05) is 6.26 Å². The minimum atomic E-state index is -1.22. The lowest BCUT2D eigenvalue weighted by Crippen LogP contribution is -2.23. The van der Waals surface area contributed by atoms with Crippen LogP contribution in [0.25, 0.3) is 22.3 Å². The number of rotatable bonds is 6. The third-order valence-electron chi connectivity index (χ3n) is 5.69. The van der Waals surface area contributed by atoms with Crippen LogP contribution in [-0.2, 0) is 5.60 Å². The van der Waals surface area contributed by atoms with E-state index < -0.39 is 11.4 Å². The number of H-pyrrole nitrogens is 2. The average molecular weight is 460 g/mol. The van der Waals surface area contributed by atoms with Crippen LogP contribution in [0, 0.1) is 5.82 Å². The van der Waals surface area contributed by atoms with Gasteiger partial charge in [0.2, 0.25) is 0 Å². The molecule has 1 unspecified atom stereocenters. The molecule has 2 aromatic heterocycles. The highest BCUT2D eigenvalue weighted by atomic mass is 32.2. The molecule has 1 atom stereocenters. The third kappa shape index (κ3) is 3.90. The number of halogens is 1. The molecule has 0 aliphatic rings. The number of nitrogens with zero attached hydrogens (tertiary/aromatic N) is 1. The number of hydrogen-bond acceptors (Lipinski definition) is 4. The van der Waals surface area contributed by atoms with Gasteiger partial charge < -0.3 is 19.8 Å². The van der Waals surface area contributed by atoms with E-state index in [0.717, 1.165) is 26.9 Å². The van der Waals surface area contributed by atoms with Crippen molar-refractivity contribution in [3.8, 4) is 22.9 Å². The van der Waals surface area contributed by atoms with Crippen LogP contribution >= 0.6 is 11.8 Å². The van der Waals surface area contributed by atoms with E-state index in [2.05, 4.69) is 15.0 Å². The summed E-state index contributed by atoms with van der Waals surface area (Å²) in [5.41, 5.74) is 1.60. The molecule has 3 N–H and O–H groups in total. The SMILES string of the molecule is CSc1c(Oc2cccc(-c3ncc(C(C)(O)c4ccccc4)[nH]3)c2)c(F)cc2[nH]ccc12. The predicted molar refractivity (Wildman–Crippen MR) is 129 cm³/mol. The molecular weight excluding hydrogens is 437 g/mol. The van der Waals surface area contributed by atoms with Gasteiger partial charge in [-0.3, -0.25) is 0 Å². The molecule has 5 nitrogen and oxygen atoms in total. The zero-order valence-electron chi connectivity index (χ0n) is 18.1. The Bertz CT molecular complexity index is 1430. The number of hydrogen-bond donors (Lipinski definition) is 3. The average Bonchev–Trinajstić information content (AvgIpc) is 3.51. The number of aliphatic hydroxyl groups is 1. The van der Waals surface area contributed by atoms with Crippen LogP contribution in [0.1, 0.15) is 18.2 Å². The number of aromatic nitrogens is 3. The lowest BCUT2D eigenvalue weighted by atomic mass is 9.93. The lowest BCUT2D eigenvalue weighted by Gasteiger charge is -2.22. The van der Waals surface area contributed by atoms with Gasteiger partial charge in [-0.05, 0) is 36.9 Å². The minimum absolute atomic E-state index is 0.193. The highest BCUT2D eigenvalue weighted by molar-refractivity contribution is 7.99. The Kier molecular flexibility index (Phi) is 5.44. The second kappa shape index (κ2) is 8.42. The zero-order valence-corrected chi connectivity index (χ0v) is 18.9. The van der Waals surface area contributed by atoms with Gasteiger partial charge in [-0.15, -0.1) is 11.8 Å². The molecule has 0 bridgehead atoms. The van der Waals surface area contributed by atoms with Gasteiger partial charge in [0.15, 0.2) is 11.6 Å². The number of nitrogens with one attached hydrogen (secondary N) is 2. The Balaban J connectivity index is 1.47. The summed E-state index contributed by atoms with van der Waals surface area (Å²) in [6.07, 6.45) is 5.31. The van der Waals surface area contributed by atoms with E-state index in [-0.39, 0.29) is 5.75 Å². The first-order valence-corrected chi connectivity index (χ1v) is 11.6. The van der Waals surface area contributed by atoms with Crippen LogP contribution in [0.15, 0.2) is 84.0 Å². The quantitative estimate of drug-likeness (QED) is 0.255. The molecule has 0 fully saturated rings. The standard InChI is InChI=1S/C26H22FN3O2S/c1-26(31,17-8-4-3-5-9-17)22-15-29-25(30-22)16-7-6-10-18(13-16)32-23-20(27)14-21-19(11-12-28-21)24(23)33-2/h3-15,28,31H,1-2H3,(H,29,30). The van der Waals surface area contributed by atoms with E-state index in [0.29, 0.717) is 17.3 Å². The molecule has 0 amide bonds. The molecule has 2 heterocycles. The number of fused-ring (bicyclic) bond motifs is 1. The fourth-order valence-corrected chi connectivity index (χ4v) is 4.60. The number of benzene rings is 3. The zero-order chi connectivity index (χ0) is 23.0. The van der Waals surface area contributed by atoms with Crippen molar-refractivity contribution < 1.29 is 14.2 Å². The molecule has 3 aromatic carbocycles. The summed E-state index contributed by atoms with van der Waals surface area (Å²) in [5.74, 6) is 0.834. The molecule has 0 aliphatic carbocycles. The molecule has 0 saturated carbocycles. The summed E-state index contributed by atoms with van der Waals surface area (Å²) in [7, 11) is 0. The van der Waals surface area contributed by atoms with E-state index >= 15 is 0 Å². The highest BCUT2D eigenvalue weighted by Crippen LogP contribution is 2.40. The number of imidazole rings is 1. The van der Waals surface area contributed by atoms with E-state index in [9.17, 15) is 9.50 Å². The van der Waals surface area contributed by atoms with Crippen molar-refractivity contribution in [3.05, 3.63) is 96.2 Å². The molecule has 0 saturated heterocycles. The first-order chi connectivity index (χ1) is 16.0. The maximum Gasteiger partial charge on any atom is 0.177 e. The maximum absolute atomic E-state index is 14.8. The van der Waals surface area contributed by atoms with E-state index in [1.165, 1.54) is 17.8 Å². The number of thioether (sulfide) groups is 1. The molecule has 0 aliphatic heterocycles. The molecule has 5 aromatic rings. The Morgan fingerprint density at radius 1 is 1.06 bits per heavy atom. The van der Waals surface area contributed by atoms with Crippen LogP contribution in [-0.4, -0.2) is 26.3 Å². The summed E-state index contributed by atoms with van der Waals surface area (Å²) < 4.78 is 20.9. The number of ether oxygens (including phenoxy) is 1. The minimum Gasteiger partial charge on any atom is -0.453 e. The van der Waals surface area contributed by atoms with Crippen molar-refractivity contribution in [1.29, 1.82) is 0 Å². The molecule has 166 valence electrons. The van der Waals surface area contributed by atoms with Crippen molar-refractivity contribution in [1.82, 2.24) is 15.0 Å². The summed E-state index contributed by atoms with van der Waals surface area (Å²) in [6.45, 7) is 1.73. The van der Waals surface area contributed by atoms with Crippen molar-refractivity contribution in [2.24, 2.45) is 0 Å². The molecule has 0 spiro atoms. The van der Waals surface area contributed by atoms with Crippen LogP contribution in [0.2, 0.25) is 0 Å². The molecular formula is C26H22FN3O2S. The first kappa shape index (κ1) is 21.3. The van der Waals surface area contributed by atoms with Crippen molar-refractivity contribution >= 4 is 22.7 Å². The van der Waals surface area contributed by atoms with Gasteiger partial charge in [0, 0.05) is 28.7 Å².